The van der Waals surface area contributed by atoms with Crippen molar-refractivity contribution in [3.63, 3.8) is 0 Å². The Morgan fingerprint density at radius 1 is 0.972 bits per heavy atom. The molecule has 5 rings (SSSR count). The summed E-state index contributed by atoms with van der Waals surface area (Å²) in [5, 5.41) is 3.12. The van der Waals surface area contributed by atoms with Gasteiger partial charge in [0.1, 0.15) is 13.2 Å². The van der Waals surface area contributed by atoms with Crippen LogP contribution in [-0.2, 0) is 13.0 Å². The molecule has 2 aromatic carbocycles. The number of benzene rings is 2. The highest BCUT2D eigenvalue weighted by Gasteiger charge is 2.26. The Hall–Kier alpha value is -3.38. The summed E-state index contributed by atoms with van der Waals surface area (Å²) >= 11 is 0. The molecule has 1 saturated heterocycles. The Morgan fingerprint density at radius 3 is 2.56 bits per heavy atom. The number of nitrogens with zero attached hydrogens (tertiary/aromatic N) is 2. The normalized spacial score (nSPS) is 16.0. The molecule has 2 aliphatic heterocycles. The number of aromatic nitrogens is 1. The highest BCUT2D eigenvalue weighted by Crippen LogP contribution is 2.33. The van der Waals surface area contributed by atoms with Crippen molar-refractivity contribution < 1.29 is 14.3 Å². The molecule has 2 aliphatic rings. The van der Waals surface area contributed by atoms with Gasteiger partial charge in [0.15, 0.2) is 11.5 Å². The number of likely N-dealkylation sites (tertiary alicyclic amines) is 1. The first-order valence-electron chi connectivity index (χ1n) is 13.1. The third-order valence-corrected chi connectivity index (χ3v) is 7.07. The van der Waals surface area contributed by atoms with Crippen molar-refractivity contribution >= 4 is 5.91 Å². The number of piperidine rings is 1. The fourth-order valence-corrected chi connectivity index (χ4v) is 5.12. The van der Waals surface area contributed by atoms with Gasteiger partial charge in [-0.15, -0.1) is 0 Å². The SMILES string of the molecule is Cc1ccc(C(=O)NCCCc2ccccc2)c(C2CCN(Cc3ccc4c(c3)OCCO4)CC2)n1. The van der Waals surface area contributed by atoms with Crippen LogP contribution in [0.15, 0.2) is 60.7 Å². The lowest BCUT2D eigenvalue weighted by Gasteiger charge is -2.32. The van der Waals surface area contributed by atoms with Crippen LogP contribution in [0.2, 0.25) is 0 Å². The zero-order valence-corrected chi connectivity index (χ0v) is 21.0. The lowest BCUT2D eigenvalue weighted by molar-refractivity contribution is 0.0950. The lowest BCUT2D eigenvalue weighted by atomic mass is 9.89. The van der Waals surface area contributed by atoms with Gasteiger partial charge in [0, 0.05) is 24.7 Å². The van der Waals surface area contributed by atoms with Crippen LogP contribution in [0.4, 0.5) is 0 Å². The van der Waals surface area contributed by atoms with Gasteiger partial charge >= 0.3 is 0 Å². The molecule has 0 unspecified atom stereocenters. The van der Waals surface area contributed by atoms with E-state index in [0.29, 0.717) is 25.7 Å². The number of fused-ring (bicyclic) bond motifs is 1. The fourth-order valence-electron chi connectivity index (χ4n) is 5.12. The molecular weight excluding hydrogens is 450 g/mol. The summed E-state index contributed by atoms with van der Waals surface area (Å²) in [4.78, 5) is 20.4. The molecule has 6 nitrogen and oxygen atoms in total. The predicted octanol–water partition coefficient (Wildman–Crippen LogP) is 4.90. The summed E-state index contributed by atoms with van der Waals surface area (Å²) in [6, 6.07) is 20.5. The van der Waals surface area contributed by atoms with Crippen LogP contribution in [0.3, 0.4) is 0 Å². The molecular formula is C30H35N3O3. The van der Waals surface area contributed by atoms with Crippen molar-refractivity contribution in [3.05, 3.63) is 88.7 Å². The molecule has 0 aliphatic carbocycles. The van der Waals surface area contributed by atoms with Crippen LogP contribution in [-0.4, -0.2) is 48.6 Å². The van der Waals surface area contributed by atoms with Crippen LogP contribution >= 0.6 is 0 Å². The Morgan fingerprint density at radius 2 is 1.75 bits per heavy atom. The molecule has 1 fully saturated rings. The van der Waals surface area contributed by atoms with Crippen molar-refractivity contribution in [2.24, 2.45) is 0 Å². The second-order valence-electron chi connectivity index (χ2n) is 9.76. The summed E-state index contributed by atoms with van der Waals surface area (Å²) in [6.07, 6.45) is 3.87. The number of ether oxygens (including phenoxy) is 2. The average Bonchev–Trinajstić information content (AvgIpc) is 2.92. The summed E-state index contributed by atoms with van der Waals surface area (Å²) in [6.45, 7) is 6.73. The Labute approximate surface area is 213 Å². The largest absolute Gasteiger partial charge is 0.486 e. The molecule has 36 heavy (non-hydrogen) atoms. The van der Waals surface area contributed by atoms with Gasteiger partial charge in [-0.3, -0.25) is 14.7 Å². The molecule has 1 amide bonds. The average molecular weight is 486 g/mol. The molecule has 0 bridgehead atoms. The molecule has 188 valence electrons. The first kappa shape index (κ1) is 24.3. The number of nitrogens with one attached hydrogen (secondary N) is 1. The van der Waals surface area contributed by atoms with E-state index in [1.165, 1.54) is 11.1 Å². The maximum absolute atomic E-state index is 13.1. The van der Waals surface area contributed by atoms with E-state index >= 15 is 0 Å². The minimum atomic E-state index is -0.00994. The van der Waals surface area contributed by atoms with Crippen molar-refractivity contribution in [2.75, 3.05) is 32.8 Å². The number of amides is 1. The maximum atomic E-state index is 13.1. The van der Waals surface area contributed by atoms with Crippen LogP contribution in [0.1, 0.15) is 58.1 Å². The van der Waals surface area contributed by atoms with Crippen LogP contribution < -0.4 is 14.8 Å². The first-order valence-corrected chi connectivity index (χ1v) is 13.1. The van der Waals surface area contributed by atoms with Gasteiger partial charge < -0.3 is 14.8 Å². The van der Waals surface area contributed by atoms with E-state index in [4.69, 9.17) is 14.5 Å². The number of hydrogen-bond donors (Lipinski definition) is 1. The third-order valence-electron chi connectivity index (χ3n) is 7.07. The second kappa shape index (κ2) is 11.6. The Kier molecular flexibility index (Phi) is 7.82. The van der Waals surface area contributed by atoms with E-state index in [9.17, 15) is 4.79 Å². The molecule has 0 saturated carbocycles. The van der Waals surface area contributed by atoms with Gasteiger partial charge in [0.25, 0.3) is 5.91 Å². The highest BCUT2D eigenvalue weighted by molar-refractivity contribution is 5.95. The van der Waals surface area contributed by atoms with Crippen molar-refractivity contribution in [1.29, 1.82) is 0 Å². The third kappa shape index (κ3) is 6.05. The topological polar surface area (TPSA) is 63.7 Å². The summed E-state index contributed by atoms with van der Waals surface area (Å²) in [7, 11) is 0. The van der Waals surface area contributed by atoms with Crippen molar-refractivity contribution in [2.45, 2.75) is 45.1 Å². The zero-order chi connectivity index (χ0) is 24.7. The van der Waals surface area contributed by atoms with E-state index < -0.39 is 0 Å². The van der Waals surface area contributed by atoms with Crippen LogP contribution in [0, 0.1) is 6.92 Å². The fraction of sp³-hybridized carbons (Fsp3) is 0.400. The molecule has 0 radical (unpaired) electrons. The van der Waals surface area contributed by atoms with Crippen molar-refractivity contribution in [3.8, 4) is 11.5 Å². The van der Waals surface area contributed by atoms with Gasteiger partial charge in [-0.1, -0.05) is 36.4 Å². The number of carbonyl (C=O) groups excluding carboxylic acids is 1. The predicted molar refractivity (Wildman–Crippen MR) is 141 cm³/mol. The standard InChI is InChI=1S/C30H35N3O3/c1-22-9-11-26(30(34)31-15-5-8-23-6-3-2-4-7-23)29(32-22)25-13-16-33(17-14-25)21-24-10-12-27-28(20-24)36-19-18-35-27/h2-4,6-7,9-12,20,25H,5,8,13-19,21H2,1H3,(H,31,34). The van der Waals surface area contributed by atoms with E-state index in [0.717, 1.165) is 73.8 Å². The maximum Gasteiger partial charge on any atom is 0.253 e. The Balaban J connectivity index is 1.16. The number of rotatable bonds is 8. The van der Waals surface area contributed by atoms with Gasteiger partial charge in [0.05, 0.1) is 11.3 Å². The number of aryl methyl sites for hydroxylation is 2. The van der Waals surface area contributed by atoms with Crippen LogP contribution in [0.5, 0.6) is 11.5 Å². The van der Waals surface area contributed by atoms with E-state index in [2.05, 4.69) is 46.6 Å². The van der Waals surface area contributed by atoms with Gasteiger partial charge in [-0.2, -0.15) is 0 Å². The highest BCUT2D eigenvalue weighted by atomic mass is 16.6. The molecule has 3 aromatic rings. The van der Waals surface area contributed by atoms with Gasteiger partial charge in [0.2, 0.25) is 0 Å². The second-order valence-corrected chi connectivity index (χ2v) is 9.76. The summed E-state index contributed by atoms with van der Waals surface area (Å²) in [5.41, 5.74) is 5.18. The molecule has 0 spiro atoms. The quantitative estimate of drug-likeness (QED) is 0.460. The van der Waals surface area contributed by atoms with E-state index in [1.54, 1.807) is 0 Å². The molecule has 1 N–H and O–H groups in total. The van der Waals surface area contributed by atoms with Crippen molar-refractivity contribution in [1.82, 2.24) is 15.2 Å². The smallest absolute Gasteiger partial charge is 0.253 e. The molecule has 1 aromatic heterocycles. The number of hydrogen-bond acceptors (Lipinski definition) is 5. The van der Waals surface area contributed by atoms with E-state index in [1.807, 2.05) is 31.2 Å². The summed E-state index contributed by atoms with van der Waals surface area (Å²) < 4.78 is 11.4. The monoisotopic (exact) mass is 485 g/mol. The zero-order valence-electron chi connectivity index (χ0n) is 21.0. The summed E-state index contributed by atoms with van der Waals surface area (Å²) in [5.74, 6) is 1.97. The number of carbonyl (C=O) groups is 1. The first-order chi connectivity index (χ1) is 17.7. The van der Waals surface area contributed by atoms with Gasteiger partial charge in [-0.25, -0.2) is 0 Å². The molecule has 0 atom stereocenters. The molecule has 3 heterocycles. The van der Waals surface area contributed by atoms with Gasteiger partial charge in [-0.05, 0) is 81.1 Å². The minimum Gasteiger partial charge on any atom is -0.486 e. The molecule has 6 heteroatoms. The Bertz CT molecular complexity index is 1170. The van der Waals surface area contributed by atoms with E-state index in [-0.39, 0.29) is 5.91 Å². The number of pyridine rings is 1. The lowest BCUT2D eigenvalue weighted by Crippen LogP contribution is -2.34. The van der Waals surface area contributed by atoms with Crippen LogP contribution in [0.25, 0.3) is 0 Å². The minimum absolute atomic E-state index is 0.00994.